The van der Waals surface area contributed by atoms with Crippen molar-refractivity contribution in [1.82, 2.24) is 25.1 Å². The van der Waals surface area contributed by atoms with Gasteiger partial charge in [0.1, 0.15) is 5.82 Å². The minimum atomic E-state index is 0.104. The van der Waals surface area contributed by atoms with E-state index in [0.29, 0.717) is 0 Å². The molecule has 9 nitrogen and oxygen atoms in total. The van der Waals surface area contributed by atoms with Gasteiger partial charge >= 0.3 is 0 Å². The smallest absolute Gasteiger partial charge is 0.179 e. The number of rotatable bonds is 2. The summed E-state index contributed by atoms with van der Waals surface area (Å²) in [5.74, 6) is 1.75. The molecule has 31 heavy (non-hydrogen) atoms. The number of hydrogen-bond donors (Lipinski definition) is 2. The van der Waals surface area contributed by atoms with E-state index in [2.05, 4.69) is 38.0 Å². The number of nitrogens with zero attached hydrogens (tertiary/aromatic N) is 6. The first-order chi connectivity index (χ1) is 15.1. The molecule has 0 unspecified atom stereocenters. The number of aromatic amines is 1. The summed E-state index contributed by atoms with van der Waals surface area (Å²) in [6, 6.07) is 4.27. The third kappa shape index (κ3) is 3.06. The van der Waals surface area contributed by atoms with Gasteiger partial charge in [0, 0.05) is 37.3 Å². The van der Waals surface area contributed by atoms with Crippen LogP contribution in [0.2, 0.25) is 0 Å². The van der Waals surface area contributed by atoms with Crippen LogP contribution in [0.1, 0.15) is 31.0 Å². The first-order valence-electron chi connectivity index (χ1n) is 11.1. The predicted octanol–water partition coefficient (Wildman–Crippen LogP) is 1.64. The van der Waals surface area contributed by atoms with Gasteiger partial charge in [0.05, 0.1) is 31.1 Å². The molecule has 2 saturated heterocycles. The molecule has 0 aromatic carbocycles. The monoisotopic (exact) mass is 420 g/mol. The summed E-state index contributed by atoms with van der Waals surface area (Å²) < 4.78 is 5.85. The molecule has 3 aliphatic rings. The van der Waals surface area contributed by atoms with Gasteiger partial charge in [-0.15, -0.1) is 0 Å². The molecule has 0 bridgehead atoms. The van der Waals surface area contributed by atoms with E-state index in [9.17, 15) is 0 Å². The summed E-state index contributed by atoms with van der Waals surface area (Å²) in [7, 11) is 0. The van der Waals surface area contributed by atoms with Gasteiger partial charge in [0.15, 0.2) is 17.0 Å². The molecule has 1 spiro atoms. The largest absolute Gasteiger partial charge is 0.376 e. The molecule has 3 aromatic rings. The van der Waals surface area contributed by atoms with Gasteiger partial charge in [-0.1, -0.05) is 6.07 Å². The number of anilines is 2. The molecule has 2 fully saturated rings. The van der Waals surface area contributed by atoms with Gasteiger partial charge in [-0.2, -0.15) is 5.10 Å². The molecular formula is C22H28N8O. The number of H-pyrrole nitrogens is 1. The second kappa shape index (κ2) is 7.13. The summed E-state index contributed by atoms with van der Waals surface area (Å²) in [4.78, 5) is 18.7. The average molecular weight is 421 g/mol. The van der Waals surface area contributed by atoms with Crippen molar-refractivity contribution in [3.05, 3.63) is 35.8 Å². The lowest BCUT2D eigenvalue weighted by molar-refractivity contribution is 0.0974. The first-order valence-corrected chi connectivity index (χ1v) is 11.1. The lowest BCUT2D eigenvalue weighted by atomic mass is 9.73. The van der Waals surface area contributed by atoms with E-state index in [4.69, 9.17) is 20.4 Å². The van der Waals surface area contributed by atoms with Crippen molar-refractivity contribution in [2.45, 2.75) is 44.9 Å². The van der Waals surface area contributed by atoms with Crippen LogP contribution >= 0.6 is 0 Å². The predicted molar refractivity (Wildman–Crippen MR) is 118 cm³/mol. The third-order valence-electron chi connectivity index (χ3n) is 7.44. The Labute approximate surface area is 181 Å². The number of piperidine rings is 1. The Morgan fingerprint density at radius 1 is 1.19 bits per heavy atom. The number of fused-ring (bicyclic) bond motifs is 2. The SMILES string of the molecule is C[C@@H]1OCC2(CCN(c3cnc4c(N5CCc6cccnc6C5)n[nH]c4n3)CC2)[C@@H]1N. The maximum atomic E-state index is 6.46. The molecule has 162 valence electrons. The number of hydrogen-bond acceptors (Lipinski definition) is 8. The molecule has 9 heteroatoms. The molecule has 3 N–H and O–H groups in total. The topological polar surface area (TPSA) is 109 Å². The van der Waals surface area contributed by atoms with Crippen LogP contribution in [-0.4, -0.2) is 63.5 Å². The van der Waals surface area contributed by atoms with Crippen LogP contribution in [0, 0.1) is 5.41 Å². The van der Waals surface area contributed by atoms with E-state index in [1.165, 1.54) is 5.56 Å². The lowest BCUT2D eigenvalue weighted by Crippen LogP contribution is -2.50. The van der Waals surface area contributed by atoms with E-state index >= 15 is 0 Å². The summed E-state index contributed by atoms with van der Waals surface area (Å²) >= 11 is 0. The minimum absolute atomic E-state index is 0.104. The zero-order valence-electron chi connectivity index (χ0n) is 17.8. The van der Waals surface area contributed by atoms with Gasteiger partial charge in [0.25, 0.3) is 0 Å². The van der Waals surface area contributed by atoms with Crippen LogP contribution in [-0.2, 0) is 17.7 Å². The fourth-order valence-electron chi connectivity index (χ4n) is 5.34. The van der Waals surface area contributed by atoms with Crippen molar-refractivity contribution < 1.29 is 4.74 Å². The van der Waals surface area contributed by atoms with Crippen LogP contribution < -0.4 is 15.5 Å². The fraction of sp³-hybridized carbons (Fsp3) is 0.545. The number of ether oxygens (including phenoxy) is 1. The third-order valence-corrected chi connectivity index (χ3v) is 7.44. The molecule has 0 saturated carbocycles. The van der Waals surface area contributed by atoms with Gasteiger partial charge < -0.3 is 20.3 Å². The minimum Gasteiger partial charge on any atom is -0.376 e. The van der Waals surface area contributed by atoms with Crippen LogP contribution in [0.25, 0.3) is 11.2 Å². The molecule has 0 radical (unpaired) electrons. The zero-order chi connectivity index (χ0) is 21.0. The van der Waals surface area contributed by atoms with E-state index in [1.54, 1.807) is 0 Å². The Hall–Kier alpha value is -2.78. The maximum Gasteiger partial charge on any atom is 0.179 e. The van der Waals surface area contributed by atoms with Crippen molar-refractivity contribution in [3.63, 3.8) is 0 Å². The Bertz CT molecular complexity index is 1110. The summed E-state index contributed by atoms with van der Waals surface area (Å²) in [5.41, 5.74) is 10.5. The summed E-state index contributed by atoms with van der Waals surface area (Å²) in [6.45, 7) is 6.33. The maximum absolute atomic E-state index is 6.46. The van der Waals surface area contributed by atoms with E-state index in [-0.39, 0.29) is 17.6 Å². The fourth-order valence-corrected chi connectivity index (χ4v) is 5.34. The molecule has 0 amide bonds. The summed E-state index contributed by atoms with van der Waals surface area (Å²) in [6.07, 6.45) is 6.87. The highest BCUT2D eigenvalue weighted by Crippen LogP contribution is 2.41. The van der Waals surface area contributed by atoms with E-state index in [0.717, 1.165) is 80.5 Å². The van der Waals surface area contributed by atoms with Gasteiger partial charge in [-0.25, -0.2) is 9.97 Å². The Morgan fingerprint density at radius 2 is 2.06 bits per heavy atom. The second-order valence-electron chi connectivity index (χ2n) is 9.14. The van der Waals surface area contributed by atoms with E-state index in [1.807, 2.05) is 18.5 Å². The zero-order valence-corrected chi connectivity index (χ0v) is 17.8. The second-order valence-corrected chi connectivity index (χ2v) is 9.14. The van der Waals surface area contributed by atoms with Crippen molar-refractivity contribution in [2.75, 3.05) is 36.0 Å². The lowest BCUT2D eigenvalue weighted by Gasteiger charge is -2.41. The number of aromatic nitrogens is 5. The molecule has 6 rings (SSSR count). The van der Waals surface area contributed by atoms with Crippen LogP contribution in [0.15, 0.2) is 24.5 Å². The highest BCUT2D eigenvalue weighted by atomic mass is 16.5. The highest BCUT2D eigenvalue weighted by molar-refractivity contribution is 5.84. The van der Waals surface area contributed by atoms with Crippen molar-refractivity contribution in [2.24, 2.45) is 11.1 Å². The number of pyridine rings is 1. The summed E-state index contributed by atoms with van der Waals surface area (Å²) in [5, 5.41) is 7.65. The van der Waals surface area contributed by atoms with Crippen molar-refractivity contribution in [1.29, 1.82) is 0 Å². The molecule has 0 aliphatic carbocycles. The Balaban J connectivity index is 1.20. The Morgan fingerprint density at radius 3 is 2.87 bits per heavy atom. The standard InChI is InChI=1S/C22H28N8O/c1-14-19(23)22(13-31-14)5-9-29(10-6-22)17-11-25-18-20(26-17)27-28-21(18)30-8-4-15-3-2-7-24-16(15)12-30/h2-3,7,11,14,19H,4-6,8-10,12-13,23H2,1H3,(H,26,27,28)/t14-,19+/m0/s1. The first kappa shape index (κ1) is 18.9. The van der Waals surface area contributed by atoms with Crippen LogP contribution in [0.4, 0.5) is 11.6 Å². The van der Waals surface area contributed by atoms with Crippen LogP contribution in [0.5, 0.6) is 0 Å². The van der Waals surface area contributed by atoms with Crippen molar-refractivity contribution >= 4 is 22.8 Å². The molecule has 2 atom stereocenters. The number of nitrogens with one attached hydrogen (secondary N) is 1. The van der Waals surface area contributed by atoms with Gasteiger partial charge in [-0.05, 0) is 37.8 Å². The quantitative estimate of drug-likeness (QED) is 0.644. The molecule has 6 heterocycles. The van der Waals surface area contributed by atoms with E-state index < -0.39 is 0 Å². The molecular weight excluding hydrogens is 392 g/mol. The highest BCUT2D eigenvalue weighted by Gasteiger charge is 2.47. The Kier molecular flexibility index (Phi) is 4.36. The molecule has 3 aliphatic heterocycles. The van der Waals surface area contributed by atoms with Gasteiger partial charge in [0.2, 0.25) is 0 Å². The normalized spacial score (nSPS) is 25.4. The van der Waals surface area contributed by atoms with Crippen molar-refractivity contribution in [3.8, 4) is 0 Å². The average Bonchev–Trinajstić information content (AvgIpc) is 3.36. The number of nitrogens with two attached hydrogens (primary N) is 1. The molecule has 3 aromatic heterocycles. The van der Waals surface area contributed by atoms with Crippen LogP contribution in [0.3, 0.4) is 0 Å². The van der Waals surface area contributed by atoms with Gasteiger partial charge in [-0.3, -0.25) is 10.1 Å².